The molecule has 0 radical (unpaired) electrons. The Hall–Kier alpha value is -2.21. The molecular weight excluding hydrogens is 346 g/mol. The van der Waals surface area contributed by atoms with E-state index in [0.29, 0.717) is 6.54 Å². The average Bonchev–Trinajstić information content (AvgIpc) is 3.18. The van der Waals surface area contributed by atoms with Gasteiger partial charge in [-0.2, -0.15) is 0 Å². The van der Waals surface area contributed by atoms with E-state index in [2.05, 4.69) is 21.7 Å². The number of aryl methyl sites for hydroxylation is 1. The molecule has 1 aromatic carbocycles. The molecule has 2 amide bonds. The fraction of sp³-hybridized carbons (Fsp3) is 0.450. The van der Waals surface area contributed by atoms with Crippen LogP contribution in [0.5, 0.6) is 0 Å². The molecule has 0 saturated heterocycles. The molecule has 0 bridgehead atoms. The maximum atomic E-state index is 12.8. The first kappa shape index (κ1) is 18.6. The number of carbonyl (C=O) groups excluding carboxylic acids is 2. The van der Waals surface area contributed by atoms with Gasteiger partial charge in [-0.25, -0.2) is 4.98 Å². The van der Waals surface area contributed by atoms with Crippen molar-refractivity contribution in [2.45, 2.75) is 47.1 Å². The first-order valence-electron chi connectivity index (χ1n) is 8.84. The quantitative estimate of drug-likeness (QED) is 0.897. The van der Waals surface area contributed by atoms with Gasteiger partial charge in [0.05, 0.1) is 10.7 Å². The van der Waals surface area contributed by atoms with E-state index >= 15 is 0 Å². The van der Waals surface area contributed by atoms with Gasteiger partial charge in [0.2, 0.25) is 11.8 Å². The Balaban J connectivity index is 1.77. The third-order valence-electron chi connectivity index (χ3n) is 4.56. The van der Waals surface area contributed by atoms with E-state index in [0.717, 1.165) is 33.9 Å². The predicted molar refractivity (Wildman–Crippen MR) is 105 cm³/mol. The van der Waals surface area contributed by atoms with Crippen LogP contribution in [0, 0.1) is 12.3 Å². The van der Waals surface area contributed by atoms with Gasteiger partial charge in [-0.1, -0.05) is 26.8 Å². The number of carbonyl (C=O) groups is 2. The van der Waals surface area contributed by atoms with Crippen molar-refractivity contribution >= 4 is 28.8 Å². The topological polar surface area (TPSA) is 62.3 Å². The highest BCUT2D eigenvalue weighted by Gasteiger charge is 2.31. The van der Waals surface area contributed by atoms with Crippen LogP contribution < -0.4 is 10.2 Å². The van der Waals surface area contributed by atoms with Gasteiger partial charge in [-0.05, 0) is 38.0 Å². The van der Waals surface area contributed by atoms with Gasteiger partial charge in [0.15, 0.2) is 0 Å². The molecule has 1 atom stereocenters. The molecule has 138 valence electrons. The molecule has 1 N–H and O–H groups in total. The second kappa shape index (κ2) is 6.83. The summed E-state index contributed by atoms with van der Waals surface area (Å²) in [7, 11) is 0. The molecule has 1 aliphatic heterocycles. The fourth-order valence-electron chi connectivity index (χ4n) is 2.99. The Morgan fingerprint density at radius 3 is 2.65 bits per heavy atom. The van der Waals surface area contributed by atoms with Crippen molar-refractivity contribution in [3.8, 4) is 11.3 Å². The minimum absolute atomic E-state index is 0.0707. The van der Waals surface area contributed by atoms with Crippen molar-refractivity contribution in [1.82, 2.24) is 10.3 Å². The van der Waals surface area contributed by atoms with E-state index in [1.807, 2.05) is 39.8 Å². The van der Waals surface area contributed by atoms with Crippen LogP contribution >= 0.6 is 11.3 Å². The van der Waals surface area contributed by atoms with E-state index in [9.17, 15) is 9.59 Å². The zero-order valence-electron chi connectivity index (χ0n) is 15.9. The monoisotopic (exact) mass is 371 g/mol. The van der Waals surface area contributed by atoms with E-state index in [1.54, 1.807) is 23.2 Å². The zero-order valence-corrected chi connectivity index (χ0v) is 16.7. The second-order valence-corrected chi connectivity index (χ2v) is 8.84. The third kappa shape index (κ3) is 3.65. The molecule has 1 aromatic heterocycles. The van der Waals surface area contributed by atoms with Gasteiger partial charge in [0.25, 0.3) is 0 Å². The standard InChI is InChI=1S/C20H25N3O2S/c1-12(21-19(25)20(3,4)5)18(24)23-9-8-15-10-14(6-7-17(15)23)16-11-26-13(2)22-16/h6-7,10-12H,8-9H2,1-5H3,(H,21,25). The van der Waals surface area contributed by atoms with Crippen LogP contribution in [0.15, 0.2) is 23.6 Å². The molecule has 6 heteroatoms. The van der Waals surface area contributed by atoms with Crippen molar-refractivity contribution in [2.24, 2.45) is 5.41 Å². The van der Waals surface area contributed by atoms with E-state index in [1.165, 1.54) is 0 Å². The summed E-state index contributed by atoms with van der Waals surface area (Å²) in [5, 5.41) is 5.93. The number of fused-ring (bicyclic) bond motifs is 1. The highest BCUT2D eigenvalue weighted by Crippen LogP contribution is 2.33. The van der Waals surface area contributed by atoms with Crippen LogP contribution in [0.25, 0.3) is 11.3 Å². The fourth-order valence-corrected chi connectivity index (χ4v) is 3.62. The summed E-state index contributed by atoms with van der Waals surface area (Å²) in [4.78, 5) is 31.3. The van der Waals surface area contributed by atoms with Gasteiger partial charge in [-0.15, -0.1) is 11.3 Å². The first-order valence-corrected chi connectivity index (χ1v) is 9.72. The van der Waals surface area contributed by atoms with E-state index in [4.69, 9.17) is 0 Å². The number of nitrogens with zero attached hydrogens (tertiary/aromatic N) is 2. The van der Waals surface area contributed by atoms with Crippen molar-refractivity contribution in [3.05, 3.63) is 34.2 Å². The van der Waals surface area contributed by atoms with Crippen LogP contribution in [0.2, 0.25) is 0 Å². The summed E-state index contributed by atoms with van der Waals surface area (Å²) in [6, 6.07) is 5.57. The highest BCUT2D eigenvalue weighted by atomic mass is 32.1. The van der Waals surface area contributed by atoms with Gasteiger partial charge in [-0.3, -0.25) is 9.59 Å². The Labute approximate surface area is 158 Å². The summed E-state index contributed by atoms with van der Waals surface area (Å²) in [6.07, 6.45) is 0.817. The maximum absolute atomic E-state index is 12.8. The number of rotatable bonds is 3. The molecule has 1 aliphatic rings. The number of amides is 2. The Kier molecular flexibility index (Phi) is 4.88. The Morgan fingerprint density at radius 1 is 1.31 bits per heavy atom. The number of hydrogen-bond donors (Lipinski definition) is 1. The zero-order chi connectivity index (χ0) is 19.1. The molecular formula is C20H25N3O2S. The average molecular weight is 372 g/mol. The minimum Gasteiger partial charge on any atom is -0.344 e. The summed E-state index contributed by atoms with van der Waals surface area (Å²) in [6.45, 7) is 9.90. The SMILES string of the molecule is Cc1nc(-c2ccc3c(c2)CCN3C(=O)C(C)NC(=O)C(C)(C)C)cs1. The van der Waals surface area contributed by atoms with Crippen LogP contribution in [0.4, 0.5) is 5.69 Å². The van der Waals surface area contributed by atoms with Crippen molar-refractivity contribution in [2.75, 3.05) is 11.4 Å². The molecule has 5 nitrogen and oxygen atoms in total. The molecule has 0 saturated carbocycles. The van der Waals surface area contributed by atoms with Crippen LogP contribution in [-0.4, -0.2) is 29.4 Å². The van der Waals surface area contributed by atoms with Crippen LogP contribution in [0.3, 0.4) is 0 Å². The van der Waals surface area contributed by atoms with E-state index in [-0.39, 0.29) is 11.8 Å². The van der Waals surface area contributed by atoms with Gasteiger partial charge >= 0.3 is 0 Å². The maximum Gasteiger partial charge on any atom is 0.249 e. The highest BCUT2D eigenvalue weighted by molar-refractivity contribution is 7.09. The lowest BCUT2D eigenvalue weighted by atomic mass is 9.95. The van der Waals surface area contributed by atoms with Crippen LogP contribution in [-0.2, 0) is 16.0 Å². The molecule has 1 unspecified atom stereocenters. The van der Waals surface area contributed by atoms with E-state index < -0.39 is 11.5 Å². The summed E-state index contributed by atoms with van der Waals surface area (Å²) < 4.78 is 0. The number of nitrogens with one attached hydrogen (secondary N) is 1. The number of aromatic nitrogens is 1. The molecule has 0 aliphatic carbocycles. The lowest BCUT2D eigenvalue weighted by molar-refractivity contribution is -0.132. The van der Waals surface area contributed by atoms with Gasteiger partial charge in [0.1, 0.15) is 6.04 Å². The Morgan fingerprint density at radius 2 is 2.04 bits per heavy atom. The smallest absolute Gasteiger partial charge is 0.249 e. The molecule has 3 rings (SSSR count). The minimum atomic E-state index is -0.548. The first-order chi connectivity index (χ1) is 12.2. The number of hydrogen-bond acceptors (Lipinski definition) is 4. The Bertz CT molecular complexity index is 851. The number of anilines is 1. The predicted octanol–water partition coefficient (Wildman–Crippen LogP) is 3.56. The molecule has 26 heavy (non-hydrogen) atoms. The van der Waals surface area contributed by atoms with Crippen molar-refractivity contribution in [1.29, 1.82) is 0 Å². The summed E-state index contributed by atoms with van der Waals surface area (Å²) in [5.41, 5.74) is 3.62. The summed E-state index contributed by atoms with van der Waals surface area (Å²) >= 11 is 1.63. The normalized spacial score (nSPS) is 14.9. The summed E-state index contributed by atoms with van der Waals surface area (Å²) in [5.74, 6) is -0.189. The van der Waals surface area contributed by atoms with Crippen molar-refractivity contribution in [3.63, 3.8) is 0 Å². The molecule has 2 aromatic rings. The lowest BCUT2D eigenvalue weighted by Gasteiger charge is -2.25. The number of benzene rings is 1. The van der Waals surface area contributed by atoms with Crippen molar-refractivity contribution < 1.29 is 9.59 Å². The lowest BCUT2D eigenvalue weighted by Crippen LogP contribution is -2.49. The largest absolute Gasteiger partial charge is 0.344 e. The van der Waals surface area contributed by atoms with Gasteiger partial charge < -0.3 is 10.2 Å². The second-order valence-electron chi connectivity index (χ2n) is 7.78. The molecule has 0 spiro atoms. The van der Waals surface area contributed by atoms with Crippen LogP contribution in [0.1, 0.15) is 38.3 Å². The number of thiazole rings is 1. The third-order valence-corrected chi connectivity index (χ3v) is 5.33. The van der Waals surface area contributed by atoms with Gasteiger partial charge in [0, 0.05) is 28.6 Å². The molecule has 0 fully saturated rings. The molecule has 2 heterocycles.